The molecule has 0 aliphatic rings. The van der Waals surface area contributed by atoms with Gasteiger partial charge in [0.15, 0.2) is 0 Å². The van der Waals surface area contributed by atoms with Gasteiger partial charge in [0.1, 0.15) is 5.75 Å². The van der Waals surface area contributed by atoms with Gasteiger partial charge in [0.2, 0.25) is 0 Å². The largest absolute Gasteiger partial charge is 0.508 e. The highest BCUT2D eigenvalue weighted by Gasteiger charge is 2.08. The van der Waals surface area contributed by atoms with Gasteiger partial charge in [-0.15, -0.1) is 11.3 Å². The summed E-state index contributed by atoms with van der Waals surface area (Å²) in [6, 6.07) is 13.1. The maximum Gasteiger partial charge on any atom is 0.115 e. The lowest BCUT2D eigenvalue weighted by atomic mass is 10.0. The molecule has 2 N–H and O–H groups in total. The van der Waals surface area contributed by atoms with E-state index in [4.69, 9.17) is 5.21 Å². The summed E-state index contributed by atoms with van der Waals surface area (Å²) in [4.78, 5) is 0. The van der Waals surface area contributed by atoms with Crippen molar-refractivity contribution < 1.29 is 10.3 Å². The Kier molecular flexibility index (Phi) is 2.93. The average molecular weight is 269 g/mol. The molecule has 0 saturated heterocycles. The van der Waals surface area contributed by atoms with E-state index in [9.17, 15) is 5.11 Å². The van der Waals surface area contributed by atoms with Crippen molar-refractivity contribution >= 4 is 27.6 Å². The predicted molar refractivity (Wildman–Crippen MR) is 78.3 cm³/mol. The Morgan fingerprint density at radius 3 is 2.53 bits per heavy atom. The molecule has 1 heterocycles. The molecule has 0 bridgehead atoms. The van der Waals surface area contributed by atoms with Crippen LogP contribution in [0.4, 0.5) is 0 Å². The molecule has 3 rings (SSSR count). The number of phenols is 1. The van der Waals surface area contributed by atoms with Gasteiger partial charge in [-0.1, -0.05) is 29.4 Å². The summed E-state index contributed by atoms with van der Waals surface area (Å²) in [6.45, 7) is 0. The summed E-state index contributed by atoms with van der Waals surface area (Å²) in [6.07, 6.45) is 1.44. The maximum absolute atomic E-state index is 9.35. The zero-order valence-corrected chi connectivity index (χ0v) is 10.8. The van der Waals surface area contributed by atoms with Gasteiger partial charge in [-0.3, -0.25) is 0 Å². The van der Waals surface area contributed by atoms with Crippen molar-refractivity contribution in [3.8, 4) is 16.9 Å². The maximum atomic E-state index is 9.35. The Labute approximate surface area is 114 Å². The molecular formula is C15H11NO2S. The van der Waals surface area contributed by atoms with Gasteiger partial charge in [0.25, 0.3) is 0 Å². The van der Waals surface area contributed by atoms with Gasteiger partial charge < -0.3 is 10.3 Å². The predicted octanol–water partition coefficient (Wildman–Crippen LogP) is 4.08. The van der Waals surface area contributed by atoms with E-state index in [1.807, 2.05) is 35.7 Å². The Morgan fingerprint density at radius 2 is 1.79 bits per heavy atom. The zero-order valence-electron chi connectivity index (χ0n) is 9.95. The Hall–Kier alpha value is -2.33. The Bertz CT molecular complexity index is 744. The first-order valence-corrected chi connectivity index (χ1v) is 6.64. The first-order valence-electron chi connectivity index (χ1n) is 5.76. The minimum absolute atomic E-state index is 0.259. The van der Waals surface area contributed by atoms with Crippen LogP contribution in [0.25, 0.3) is 21.2 Å². The van der Waals surface area contributed by atoms with Crippen molar-refractivity contribution in [3.63, 3.8) is 0 Å². The summed E-state index contributed by atoms with van der Waals surface area (Å²) in [7, 11) is 0. The van der Waals surface area contributed by atoms with Crippen molar-refractivity contribution in [2.45, 2.75) is 0 Å². The van der Waals surface area contributed by atoms with E-state index < -0.39 is 0 Å². The van der Waals surface area contributed by atoms with Crippen molar-refractivity contribution in [1.29, 1.82) is 0 Å². The molecule has 0 atom stereocenters. The molecule has 19 heavy (non-hydrogen) atoms. The van der Waals surface area contributed by atoms with Crippen LogP contribution in [0.3, 0.4) is 0 Å². The van der Waals surface area contributed by atoms with Gasteiger partial charge in [-0.05, 0) is 34.7 Å². The molecule has 94 valence electrons. The van der Waals surface area contributed by atoms with Gasteiger partial charge in [-0.25, -0.2) is 0 Å². The minimum atomic E-state index is 0.259. The number of aromatic hydroxyl groups is 1. The number of fused-ring (bicyclic) bond motifs is 1. The second kappa shape index (κ2) is 4.74. The number of hydrogen-bond acceptors (Lipinski definition) is 4. The monoisotopic (exact) mass is 269 g/mol. The third-order valence-corrected chi connectivity index (χ3v) is 3.97. The van der Waals surface area contributed by atoms with Crippen LogP contribution in [-0.2, 0) is 0 Å². The van der Waals surface area contributed by atoms with Gasteiger partial charge in [-0.2, -0.15) is 0 Å². The third kappa shape index (κ3) is 2.06. The summed E-state index contributed by atoms with van der Waals surface area (Å²) in [5.74, 6) is 0.259. The number of benzene rings is 2. The van der Waals surface area contributed by atoms with Crippen molar-refractivity contribution in [2.75, 3.05) is 0 Å². The molecule has 0 saturated carbocycles. The fourth-order valence-corrected chi connectivity index (χ4v) is 3.09. The minimum Gasteiger partial charge on any atom is -0.508 e. The molecule has 0 unspecified atom stereocenters. The average Bonchev–Trinajstić information content (AvgIpc) is 2.90. The third-order valence-electron chi connectivity index (χ3n) is 3.03. The molecule has 0 aliphatic heterocycles. The molecule has 0 amide bonds. The number of phenolic OH excluding ortho intramolecular Hbond substituents is 1. The smallest absolute Gasteiger partial charge is 0.115 e. The standard InChI is InChI=1S/C15H11NO2S/c17-12-4-1-10(2-5-12)13-6-3-11(9-16-18)14-7-8-19-15(13)14/h1-9,17-18H/b16-9-. The van der Waals surface area contributed by atoms with E-state index in [-0.39, 0.29) is 5.75 Å². The highest BCUT2D eigenvalue weighted by Crippen LogP contribution is 2.34. The van der Waals surface area contributed by atoms with Crippen LogP contribution in [0.2, 0.25) is 0 Å². The highest BCUT2D eigenvalue weighted by atomic mass is 32.1. The van der Waals surface area contributed by atoms with E-state index in [0.29, 0.717) is 0 Å². The number of oxime groups is 1. The van der Waals surface area contributed by atoms with E-state index >= 15 is 0 Å². The van der Waals surface area contributed by atoms with Gasteiger partial charge in [0, 0.05) is 15.6 Å². The molecule has 0 aliphatic carbocycles. The van der Waals surface area contributed by atoms with Crippen molar-refractivity contribution in [1.82, 2.24) is 0 Å². The first kappa shape index (κ1) is 11.7. The quantitative estimate of drug-likeness (QED) is 0.418. The van der Waals surface area contributed by atoms with E-state index in [0.717, 1.165) is 26.8 Å². The summed E-state index contributed by atoms with van der Waals surface area (Å²) < 4.78 is 1.14. The molecule has 0 fully saturated rings. The number of hydrogen-bond donors (Lipinski definition) is 2. The summed E-state index contributed by atoms with van der Waals surface area (Å²) in [5.41, 5.74) is 3.05. The van der Waals surface area contributed by atoms with Crippen LogP contribution >= 0.6 is 11.3 Å². The van der Waals surface area contributed by atoms with Gasteiger partial charge in [0.05, 0.1) is 6.21 Å². The molecule has 0 radical (unpaired) electrons. The molecular weight excluding hydrogens is 258 g/mol. The Morgan fingerprint density at radius 1 is 1.00 bits per heavy atom. The SMILES string of the molecule is O/N=C\c1ccc(-c2ccc(O)cc2)c2sccc12. The van der Waals surface area contributed by atoms with Crippen molar-refractivity contribution in [2.24, 2.45) is 5.16 Å². The second-order valence-corrected chi connectivity index (χ2v) is 5.07. The van der Waals surface area contributed by atoms with Crippen LogP contribution in [0.1, 0.15) is 5.56 Å². The van der Waals surface area contributed by atoms with Crippen LogP contribution in [0.15, 0.2) is 53.0 Å². The lowest BCUT2D eigenvalue weighted by Gasteiger charge is -2.05. The molecule has 0 spiro atoms. The number of rotatable bonds is 2. The molecule has 3 aromatic rings. The van der Waals surface area contributed by atoms with Crippen LogP contribution < -0.4 is 0 Å². The molecule has 3 nitrogen and oxygen atoms in total. The molecule has 4 heteroatoms. The highest BCUT2D eigenvalue weighted by molar-refractivity contribution is 7.17. The van der Waals surface area contributed by atoms with Crippen LogP contribution in [0, 0.1) is 0 Å². The number of thiophene rings is 1. The lowest BCUT2D eigenvalue weighted by Crippen LogP contribution is -1.84. The zero-order chi connectivity index (χ0) is 13.2. The fourth-order valence-electron chi connectivity index (χ4n) is 2.13. The summed E-state index contributed by atoms with van der Waals surface area (Å²) >= 11 is 1.65. The fraction of sp³-hybridized carbons (Fsp3) is 0. The second-order valence-electron chi connectivity index (χ2n) is 4.16. The normalized spacial score (nSPS) is 11.4. The van der Waals surface area contributed by atoms with E-state index in [1.54, 1.807) is 23.5 Å². The van der Waals surface area contributed by atoms with E-state index in [2.05, 4.69) is 5.16 Å². The lowest BCUT2D eigenvalue weighted by molar-refractivity contribution is 0.322. The first-order chi connectivity index (χ1) is 9.29. The van der Waals surface area contributed by atoms with Crippen LogP contribution in [-0.4, -0.2) is 16.5 Å². The van der Waals surface area contributed by atoms with Crippen LogP contribution in [0.5, 0.6) is 5.75 Å². The van der Waals surface area contributed by atoms with Crippen molar-refractivity contribution in [3.05, 3.63) is 53.4 Å². The molecule has 2 aromatic carbocycles. The topological polar surface area (TPSA) is 52.8 Å². The molecule has 1 aromatic heterocycles. The summed E-state index contributed by atoms with van der Waals surface area (Å²) in [5, 5.41) is 24.2. The van der Waals surface area contributed by atoms with Gasteiger partial charge >= 0.3 is 0 Å². The van der Waals surface area contributed by atoms with E-state index in [1.165, 1.54) is 6.21 Å². The Balaban J connectivity index is 2.23. The number of nitrogens with zero attached hydrogens (tertiary/aromatic N) is 1.